The van der Waals surface area contributed by atoms with Gasteiger partial charge in [-0.25, -0.2) is 17.7 Å². The first-order valence-electron chi connectivity index (χ1n) is 9.06. The number of likely N-dealkylation sites (N-methyl/N-ethyl adjacent to an activating group) is 1. The lowest BCUT2D eigenvalue weighted by Crippen LogP contribution is -2.32. The molecular formula is C20H24N4O3S2. The van der Waals surface area contributed by atoms with E-state index in [0.717, 1.165) is 19.5 Å². The van der Waals surface area contributed by atoms with Crippen molar-refractivity contribution in [3.63, 3.8) is 0 Å². The van der Waals surface area contributed by atoms with Crippen LogP contribution in [-0.2, 0) is 14.8 Å². The van der Waals surface area contributed by atoms with Crippen LogP contribution in [0.1, 0.15) is 18.0 Å². The van der Waals surface area contributed by atoms with E-state index in [-0.39, 0.29) is 23.4 Å². The predicted molar refractivity (Wildman–Crippen MR) is 117 cm³/mol. The van der Waals surface area contributed by atoms with E-state index in [2.05, 4.69) is 10.3 Å². The molecule has 0 saturated carbocycles. The van der Waals surface area contributed by atoms with Crippen molar-refractivity contribution in [2.75, 3.05) is 33.0 Å². The number of carbonyl (C=O) groups is 1. The van der Waals surface area contributed by atoms with E-state index in [9.17, 15) is 13.2 Å². The number of para-hydroxylation sites is 1. The number of thiazole rings is 1. The molecule has 1 amide bonds. The molecule has 0 spiro atoms. The fourth-order valence-corrected chi connectivity index (χ4v) is 4.80. The van der Waals surface area contributed by atoms with Gasteiger partial charge in [0, 0.05) is 19.8 Å². The van der Waals surface area contributed by atoms with Crippen molar-refractivity contribution in [3.8, 4) is 0 Å². The van der Waals surface area contributed by atoms with Crippen molar-refractivity contribution >= 4 is 43.2 Å². The largest absolute Gasteiger partial charge is 0.325 e. The molecule has 29 heavy (non-hydrogen) atoms. The molecule has 2 aromatic carbocycles. The van der Waals surface area contributed by atoms with E-state index in [4.69, 9.17) is 0 Å². The molecule has 0 saturated heterocycles. The number of benzene rings is 2. The summed E-state index contributed by atoms with van der Waals surface area (Å²) in [5.74, 6) is -0.222. The van der Waals surface area contributed by atoms with Crippen molar-refractivity contribution in [1.82, 2.24) is 14.2 Å². The average molecular weight is 433 g/mol. The Labute approximate surface area is 175 Å². The Morgan fingerprint density at radius 3 is 2.55 bits per heavy atom. The minimum atomic E-state index is -3.56. The molecule has 1 heterocycles. The van der Waals surface area contributed by atoms with Gasteiger partial charge in [0.2, 0.25) is 15.9 Å². The smallest absolute Gasteiger partial charge is 0.242 e. The molecule has 1 aromatic heterocycles. The Kier molecular flexibility index (Phi) is 6.33. The molecule has 3 aromatic rings. The van der Waals surface area contributed by atoms with Crippen LogP contribution in [0.25, 0.3) is 10.2 Å². The Balaban J connectivity index is 1.67. The molecule has 0 radical (unpaired) electrons. The number of nitrogens with zero attached hydrogens (tertiary/aromatic N) is 3. The van der Waals surface area contributed by atoms with Crippen LogP contribution < -0.4 is 5.32 Å². The van der Waals surface area contributed by atoms with Gasteiger partial charge in [-0.15, -0.1) is 11.3 Å². The average Bonchev–Trinajstić information content (AvgIpc) is 3.11. The summed E-state index contributed by atoms with van der Waals surface area (Å²) in [7, 11) is 1.25. The maximum Gasteiger partial charge on any atom is 0.242 e. The van der Waals surface area contributed by atoms with Crippen molar-refractivity contribution in [1.29, 1.82) is 0 Å². The normalized spacial score (nSPS) is 13.2. The van der Waals surface area contributed by atoms with Crippen LogP contribution in [0.3, 0.4) is 0 Å². The number of sulfonamides is 1. The summed E-state index contributed by atoms with van der Waals surface area (Å²) in [4.78, 5) is 19.2. The lowest BCUT2D eigenvalue weighted by atomic mass is 10.3. The van der Waals surface area contributed by atoms with E-state index in [1.165, 1.54) is 26.2 Å². The fraction of sp³-hybridized carbons (Fsp3) is 0.300. The van der Waals surface area contributed by atoms with Crippen molar-refractivity contribution in [2.24, 2.45) is 0 Å². The van der Waals surface area contributed by atoms with Crippen LogP contribution >= 0.6 is 11.3 Å². The zero-order valence-electron chi connectivity index (χ0n) is 16.8. The lowest BCUT2D eigenvalue weighted by molar-refractivity contribution is -0.117. The first kappa shape index (κ1) is 21.4. The Hall–Kier alpha value is -2.33. The maximum atomic E-state index is 12.5. The monoisotopic (exact) mass is 432 g/mol. The maximum absolute atomic E-state index is 12.5. The highest BCUT2D eigenvalue weighted by Crippen LogP contribution is 2.28. The van der Waals surface area contributed by atoms with E-state index in [1.54, 1.807) is 23.5 Å². The topological polar surface area (TPSA) is 82.6 Å². The van der Waals surface area contributed by atoms with Gasteiger partial charge in [0.15, 0.2) is 0 Å². The van der Waals surface area contributed by atoms with E-state index in [1.807, 2.05) is 43.1 Å². The van der Waals surface area contributed by atoms with Crippen LogP contribution in [0.5, 0.6) is 0 Å². The summed E-state index contributed by atoms with van der Waals surface area (Å²) >= 11 is 1.62. The fourth-order valence-electron chi connectivity index (χ4n) is 2.77. The third-order valence-electron chi connectivity index (χ3n) is 4.62. The second kappa shape index (κ2) is 8.58. The molecular weight excluding hydrogens is 408 g/mol. The predicted octanol–water partition coefficient (Wildman–Crippen LogP) is 3.18. The van der Waals surface area contributed by atoms with E-state index in [0.29, 0.717) is 5.69 Å². The number of rotatable bonds is 7. The van der Waals surface area contributed by atoms with Gasteiger partial charge in [-0.2, -0.15) is 0 Å². The van der Waals surface area contributed by atoms with E-state index >= 15 is 0 Å². The number of aromatic nitrogens is 1. The summed E-state index contributed by atoms with van der Waals surface area (Å²) in [6.07, 6.45) is 0. The number of hydrogen-bond acceptors (Lipinski definition) is 6. The second-order valence-electron chi connectivity index (χ2n) is 6.97. The first-order valence-corrected chi connectivity index (χ1v) is 11.3. The number of hydrogen-bond donors (Lipinski definition) is 1. The minimum absolute atomic E-state index is 0.0291. The van der Waals surface area contributed by atoms with Gasteiger partial charge in [0.05, 0.1) is 27.7 Å². The van der Waals surface area contributed by atoms with Crippen LogP contribution in [0, 0.1) is 0 Å². The van der Waals surface area contributed by atoms with Gasteiger partial charge >= 0.3 is 0 Å². The van der Waals surface area contributed by atoms with Crippen molar-refractivity contribution in [2.45, 2.75) is 17.9 Å². The van der Waals surface area contributed by atoms with Crippen LogP contribution in [0.2, 0.25) is 0 Å². The van der Waals surface area contributed by atoms with Crippen LogP contribution in [0.4, 0.5) is 5.69 Å². The Morgan fingerprint density at radius 1 is 1.14 bits per heavy atom. The molecule has 0 aliphatic rings. The molecule has 3 rings (SSSR count). The molecule has 9 heteroatoms. The summed E-state index contributed by atoms with van der Waals surface area (Å²) in [5.41, 5.74) is 1.40. The molecule has 7 nitrogen and oxygen atoms in total. The van der Waals surface area contributed by atoms with Gasteiger partial charge in [-0.1, -0.05) is 18.2 Å². The highest BCUT2D eigenvalue weighted by Gasteiger charge is 2.20. The lowest BCUT2D eigenvalue weighted by Gasteiger charge is -2.22. The van der Waals surface area contributed by atoms with Gasteiger partial charge in [0.1, 0.15) is 5.01 Å². The Morgan fingerprint density at radius 2 is 1.86 bits per heavy atom. The number of nitrogens with one attached hydrogen (secondary N) is 1. The number of carbonyl (C=O) groups excluding carboxylic acids is 1. The van der Waals surface area contributed by atoms with Gasteiger partial charge in [-0.05, 0) is 44.3 Å². The molecule has 0 aliphatic carbocycles. The summed E-state index contributed by atoms with van der Waals surface area (Å²) < 4.78 is 26.8. The molecule has 154 valence electrons. The minimum Gasteiger partial charge on any atom is -0.325 e. The second-order valence-corrected chi connectivity index (χ2v) is 10.2. The number of anilines is 1. The number of fused-ring (bicyclic) bond motifs is 1. The molecule has 0 unspecified atom stereocenters. The highest BCUT2D eigenvalue weighted by molar-refractivity contribution is 7.89. The summed E-state index contributed by atoms with van der Waals surface area (Å²) in [5, 5.41) is 3.72. The molecule has 1 N–H and O–H groups in total. The molecule has 0 bridgehead atoms. The van der Waals surface area contributed by atoms with E-state index < -0.39 is 10.0 Å². The molecule has 0 fully saturated rings. The summed E-state index contributed by atoms with van der Waals surface area (Å²) in [6.45, 7) is 2.16. The quantitative estimate of drug-likeness (QED) is 0.620. The van der Waals surface area contributed by atoms with Gasteiger partial charge < -0.3 is 5.32 Å². The van der Waals surface area contributed by atoms with Crippen molar-refractivity contribution in [3.05, 3.63) is 53.5 Å². The zero-order valence-corrected chi connectivity index (χ0v) is 18.4. The Bertz CT molecular complexity index is 1090. The summed E-state index contributed by atoms with van der Waals surface area (Å²) in [6, 6.07) is 14.2. The number of amides is 1. The molecule has 1 atom stereocenters. The standard InChI is InChI=1S/C20H24N4O3S2/c1-14(20-22-17-10-5-6-11-18(17)28-20)24(4)13-19(25)21-15-8-7-9-16(12-15)29(26,27)23(2)3/h5-12,14H,13H2,1-4H3,(H,21,25)/t14-/m0/s1. The van der Waals surface area contributed by atoms with Gasteiger partial charge in [-0.3, -0.25) is 9.69 Å². The van der Waals surface area contributed by atoms with Crippen molar-refractivity contribution < 1.29 is 13.2 Å². The zero-order chi connectivity index (χ0) is 21.2. The molecule has 0 aliphatic heterocycles. The van der Waals surface area contributed by atoms with Gasteiger partial charge in [0.25, 0.3) is 0 Å². The first-order chi connectivity index (χ1) is 13.7. The van der Waals surface area contributed by atoms with Crippen LogP contribution in [-0.4, -0.2) is 56.2 Å². The highest BCUT2D eigenvalue weighted by atomic mass is 32.2. The third kappa shape index (κ3) is 4.81. The van der Waals surface area contributed by atoms with Crippen LogP contribution in [0.15, 0.2) is 53.4 Å². The SMILES string of the molecule is C[C@@H](c1nc2ccccc2s1)N(C)CC(=O)Nc1cccc(S(=O)(=O)N(C)C)c1. The third-order valence-corrected chi connectivity index (χ3v) is 7.64.